The Kier molecular flexibility index (Phi) is 3.20. The Morgan fingerprint density at radius 3 is 2.56 bits per heavy atom. The number of nitrogens with zero attached hydrogens (tertiary/aromatic N) is 2. The third-order valence-electron chi connectivity index (χ3n) is 3.18. The molecule has 0 aliphatic carbocycles. The lowest BCUT2D eigenvalue weighted by molar-refractivity contribution is -0.0936. The van der Waals surface area contributed by atoms with Gasteiger partial charge in [-0.3, -0.25) is 0 Å². The zero-order chi connectivity index (χ0) is 12.5. The van der Waals surface area contributed by atoms with Crippen molar-refractivity contribution in [3.05, 3.63) is 17.2 Å². The predicted octanol–water partition coefficient (Wildman–Crippen LogP) is 1.62. The SMILES string of the molecule is ON1CCN(c2cc(Cl)cc3c2OCCO3)CC1. The van der Waals surface area contributed by atoms with Crippen molar-refractivity contribution in [3.63, 3.8) is 0 Å². The summed E-state index contributed by atoms with van der Waals surface area (Å²) in [4.78, 5) is 2.16. The number of fused-ring (bicyclic) bond motifs is 1. The zero-order valence-electron chi connectivity index (χ0n) is 9.93. The molecule has 18 heavy (non-hydrogen) atoms. The van der Waals surface area contributed by atoms with E-state index in [1.807, 2.05) is 6.07 Å². The van der Waals surface area contributed by atoms with E-state index < -0.39 is 0 Å². The summed E-state index contributed by atoms with van der Waals surface area (Å²) in [5, 5.41) is 11.4. The summed E-state index contributed by atoms with van der Waals surface area (Å²) in [6.45, 7) is 3.82. The maximum atomic E-state index is 9.39. The van der Waals surface area contributed by atoms with Crippen molar-refractivity contribution in [2.75, 3.05) is 44.3 Å². The molecule has 0 unspecified atom stereocenters. The molecular formula is C12H15ClN2O3. The highest BCUT2D eigenvalue weighted by molar-refractivity contribution is 6.31. The minimum absolute atomic E-state index is 0.553. The summed E-state index contributed by atoms with van der Waals surface area (Å²) in [6.07, 6.45) is 0. The summed E-state index contributed by atoms with van der Waals surface area (Å²) in [6, 6.07) is 3.67. The lowest BCUT2D eigenvalue weighted by Crippen LogP contribution is -2.45. The molecule has 5 nitrogen and oxygen atoms in total. The topological polar surface area (TPSA) is 45.2 Å². The maximum Gasteiger partial charge on any atom is 0.184 e. The van der Waals surface area contributed by atoms with Gasteiger partial charge >= 0.3 is 0 Å². The Bertz CT molecular complexity index is 447. The van der Waals surface area contributed by atoms with Gasteiger partial charge < -0.3 is 19.6 Å². The number of hydrogen-bond acceptors (Lipinski definition) is 5. The Morgan fingerprint density at radius 1 is 1.06 bits per heavy atom. The molecule has 1 aromatic carbocycles. The van der Waals surface area contributed by atoms with E-state index in [0.29, 0.717) is 37.1 Å². The molecule has 0 amide bonds. The third kappa shape index (κ3) is 2.21. The quantitative estimate of drug-likeness (QED) is 0.840. The van der Waals surface area contributed by atoms with E-state index in [1.54, 1.807) is 6.07 Å². The average molecular weight is 271 g/mol. The Hall–Kier alpha value is -1.17. The van der Waals surface area contributed by atoms with Gasteiger partial charge in [-0.15, -0.1) is 0 Å². The van der Waals surface area contributed by atoms with E-state index in [2.05, 4.69) is 4.90 Å². The molecule has 0 spiro atoms. The van der Waals surface area contributed by atoms with Crippen LogP contribution in [0.3, 0.4) is 0 Å². The number of hydroxylamine groups is 2. The van der Waals surface area contributed by atoms with Crippen LogP contribution < -0.4 is 14.4 Å². The van der Waals surface area contributed by atoms with Gasteiger partial charge in [-0.1, -0.05) is 11.6 Å². The Morgan fingerprint density at radius 2 is 1.78 bits per heavy atom. The lowest BCUT2D eigenvalue weighted by atomic mass is 10.2. The van der Waals surface area contributed by atoms with Gasteiger partial charge in [-0.05, 0) is 6.07 Å². The van der Waals surface area contributed by atoms with Crippen LogP contribution in [0.25, 0.3) is 0 Å². The first-order chi connectivity index (χ1) is 8.74. The summed E-state index contributed by atoms with van der Waals surface area (Å²) < 4.78 is 11.2. The highest BCUT2D eigenvalue weighted by Gasteiger charge is 2.24. The largest absolute Gasteiger partial charge is 0.486 e. The number of benzene rings is 1. The van der Waals surface area contributed by atoms with Crippen LogP contribution in [0.2, 0.25) is 5.02 Å². The fraction of sp³-hybridized carbons (Fsp3) is 0.500. The van der Waals surface area contributed by atoms with Crippen LogP contribution >= 0.6 is 11.6 Å². The van der Waals surface area contributed by atoms with Crippen molar-refractivity contribution in [2.45, 2.75) is 0 Å². The Balaban J connectivity index is 1.93. The molecule has 98 valence electrons. The number of piperazine rings is 1. The molecular weight excluding hydrogens is 256 g/mol. The second kappa shape index (κ2) is 4.84. The summed E-state index contributed by atoms with van der Waals surface area (Å²) in [7, 11) is 0. The number of ether oxygens (including phenoxy) is 2. The van der Waals surface area contributed by atoms with Crippen LogP contribution in [-0.4, -0.2) is 49.7 Å². The Labute approximate surface area is 110 Å². The van der Waals surface area contributed by atoms with Gasteiger partial charge in [0.25, 0.3) is 0 Å². The number of anilines is 1. The van der Waals surface area contributed by atoms with Crippen molar-refractivity contribution in [3.8, 4) is 11.5 Å². The van der Waals surface area contributed by atoms with E-state index in [1.165, 1.54) is 5.06 Å². The minimum Gasteiger partial charge on any atom is -0.486 e. The van der Waals surface area contributed by atoms with Crippen LogP contribution in [0.5, 0.6) is 11.5 Å². The third-order valence-corrected chi connectivity index (χ3v) is 3.40. The monoisotopic (exact) mass is 270 g/mol. The summed E-state index contributed by atoms with van der Waals surface area (Å²) >= 11 is 6.11. The highest BCUT2D eigenvalue weighted by Crippen LogP contribution is 2.42. The molecule has 1 saturated heterocycles. The smallest absolute Gasteiger partial charge is 0.184 e. The zero-order valence-corrected chi connectivity index (χ0v) is 10.7. The first-order valence-corrected chi connectivity index (χ1v) is 6.40. The molecule has 0 bridgehead atoms. The highest BCUT2D eigenvalue weighted by atomic mass is 35.5. The molecule has 2 aliphatic heterocycles. The molecule has 1 N–H and O–H groups in total. The van der Waals surface area contributed by atoms with Crippen LogP contribution in [0.15, 0.2) is 12.1 Å². The van der Waals surface area contributed by atoms with Crippen molar-refractivity contribution in [1.29, 1.82) is 0 Å². The molecule has 0 atom stereocenters. The van der Waals surface area contributed by atoms with Gasteiger partial charge in [0, 0.05) is 37.3 Å². The van der Waals surface area contributed by atoms with E-state index in [-0.39, 0.29) is 0 Å². The van der Waals surface area contributed by atoms with E-state index in [0.717, 1.165) is 24.5 Å². The van der Waals surface area contributed by atoms with Crippen LogP contribution in [-0.2, 0) is 0 Å². The van der Waals surface area contributed by atoms with Gasteiger partial charge in [0.05, 0.1) is 5.69 Å². The van der Waals surface area contributed by atoms with Crippen molar-refractivity contribution in [2.24, 2.45) is 0 Å². The van der Waals surface area contributed by atoms with Gasteiger partial charge in [0.1, 0.15) is 13.2 Å². The first kappa shape index (κ1) is 11.9. The second-order valence-electron chi connectivity index (χ2n) is 4.39. The normalized spacial score (nSPS) is 20.0. The summed E-state index contributed by atoms with van der Waals surface area (Å²) in [5.41, 5.74) is 0.949. The maximum absolute atomic E-state index is 9.39. The van der Waals surface area contributed by atoms with E-state index in [4.69, 9.17) is 21.1 Å². The van der Waals surface area contributed by atoms with Crippen molar-refractivity contribution < 1.29 is 14.7 Å². The first-order valence-electron chi connectivity index (χ1n) is 6.02. The van der Waals surface area contributed by atoms with E-state index in [9.17, 15) is 5.21 Å². The standard InChI is InChI=1S/C12H15ClN2O3/c13-9-7-10(14-1-3-15(16)4-2-14)12-11(8-9)17-5-6-18-12/h7-8,16H,1-6H2. The fourth-order valence-electron chi connectivity index (χ4n) is 2.27. The molecule has 1 fully saturated rings. The van der Waals surface area contributed by atoms with E-state index >= 15 is 0 Å². The number of rotatable bonds is 1. The molecule has 0 saturated carbocycles. The molecule has 6 heteroatoms. The van der Waals surface area contributed by atoms with Crippen LogP contribution in [0.4, 0.5) is 5.69 Å². The molecule has 2 aliphatic rings. The van der Waals surface area contributed by atoms with Gasteiger partial charge in [0.15, 0.2) is 11.5 Å². The summed E-state index contributed by atoms with van der Waals surface area (Å²) in [5.74, 6) is 1.47. The van der Waals surface area contributed by atoms with Crippen LogP contribution in [0.1, 0.15) is 0 Å². The number of halogens is 1. The van der Waals surface area contributed by atoms with Gasteiger partial charge in [-0.2, -0.15) is 5.06 Å². The fourth-order valence-corrected chi connectivity index (χ4v) is 2.48. The molecule has 1 aromatic rings. The van der Waals surface area contributed by atoms with Crippen molar-refractivity contribution >= 4 is 17.3 Å². The van der Waals surface area contributed by atoms with Crippen LogP contribution in [0, 0.1) is 0 Å². The average Bonchev–Trinajstić information content (AvgIpc) is 2.38. The minimum atomic E-state index is 0.553. The number of hydrogen-bond donors (Lipinski definition) is 1. The van der Waals surface area contributed by atoms with Gasteiger partial charge in [-0.25, -0.2) is 0 Å². The molecule has 0 aromatic heterocycles. The van der Waals surface area contributed by atoms with Gasteiger partial charge in [0.2, 0.25) is 0 Å². The second-order valence-corrected chi connectivity index (χ2v) is 4.83. The molecule has 2 heterocycles. The molecule has 3 rings (SSSR count). The van der Waals surface area contributed by atoms with Crippen molar-refractivity contribution in [1.82, 2.24) is 5.06 Å². The predicted molar refractivity (Wildman–Crippen MR) is 68.0 cm³/mol. The molecule has 0 radical (unpaired) electrons. The lowest BCUT2D eigenvalue weighted by Gasteiger charge is -2.35.